The van der Waals surface area contributed by atoms with Crippen LogP contribution in [0, 0.1) is 11.8 Å². The molecule has 0 amide bonds. The largest absolute Gasteiger partial charge is 0.462 e. The summed E-state index contributed by atoms with van der Waals surface area (Å²) in [7, 11) is 0. The third kappa shape index (κ3) is 44.0. The van der Waals surface area contributed by atoms with Gasteiger partial charge in [0.2, 0.25) is 0 Å². The van der Waals surface area contributed by atoms with Crippen LogP contribution in [0.1, 0.15) is 285 Å². The minimum absolute atomic E-state index is 0.0640. The van der Waals surface area contributed by atoms with Gasteiger partial charge >= 0.3 is 17.9 Å². The van der Waals surface area contributed by atoms with E-state index in [0.717, 1.165) is 69.6 Å². The van der Waals surface area contributed by atoms with Crippen LogP contribution in [0.3, 0.4) is 0 Å². The Labute approximate surface area is 361 Å². The van der Waals surface area contributed by atoms with E-state index in [9.17, 15) is 14.4 Å². The predicted molar refractivity (Wildman–Crippen MR) is 247 cm³/mol. The summed E-state index contributed by atoms with van der Waals surface area (Å²) in [6, 6.07) is 0. The third-order valence-corrected chi connectivity index (χ3v) is 12.1. The van der Waals surface area contributed by atoms with Crippen molar-refractivity contribution in [3.05, 3.63) is 0 Å². The summed E-state index contributed by atoms with van der Waals surface area (Å²) in [5.41, 5.74) is 0. The fraction of sp³-hybridized carbons (Fsp3) is 0.942. The first kappa shape index (κ1) is 56.4. The van der Waals surface area contributed by atoms with Crippen LogP contribution in [0.2, 0.25) is 0 Å². The summed E-state index contributed by atoms with van der Waals surface area (Å²) in [5, 5.41) is 0. The molecule has 0 radical (unpaired) electrons. The van der Waals surface area contributed by atoms with Crippen molar-refractivity contribution in [2.24, 2.45) is 11.8 Å². The lowest BCUT2D eigenvalue weighted by molar-refractivity contribution is -0.167. The Hall–Kier alpha value is -1.59. The molecule has 1 unspecified atom stereocenters. The van der Waals surface area contributed by atoms with Gasteiger partial charge in [-0.2, -0.15) is 0 Å². The van der Waals surface area contributed by atoms with Gasteiger partial charge < -0.3 is 14.2 Å². The van der Waals surface area contributed by atoms with Crippen LogP contribution in [0.15, 0.2) is 0 Å². The minimum Gasteiger partial charge on any atom is -0.462 e. The van der Waals surface area contributed by atoms with E-state index in [1.165, 1.54) is 173 Å². The second kappa shape index (κ2) is 44.9. The molecule has 0 spiro atoms. The normalized spacial score (nSPS) is 12.5. The number of hydrogen-bond donors (Lipinski definition) is 0. The van der Waals surface area contributed by atoms with E-state index in [2.05, 4.69) is 34.6 Å². The van der Waals surface area contributed by atoms with Gasteiger partial charge in [0.1, 0.15) is 13.2 Å². The molecular formula is C52H100O6. The molecule has 0 aliphatic carbocycles. The Balaban J connectivity index is 4.20. The highest BCUT2D eigenvalue weighted by Gasteiger charge is 2.19. The molecule has 0 saturated carbocycles. The maximum absolute atomic E-state index is 12.7. The first-order valence-electron chi connectivity index (χ1n) is 25.8. The van der Waals surface area contributed by atoms with Crippen molar-refractivity contribution in [1.29, 1.82) is 0 Å². The van der Waals surface area contributed by atoms with E-state index in [0.29, 0.717) is 19.3 Å². The van der Waals surface area contributed by atoms with E-state index in [1.807, 2.05) is 0 Å². The molecule has 0 aromatic carbocycles. The van der Waals surface area contributed by atoms with E-state index in [-0.39, 0.29) is 31.1 Å². The van der Waals surface area contributed by atoms with Crippen LogP contribution < -0.4 is 0 Å². The van der Waals surface area contributed by atoms with Crippen molar-refractivity contribution < 1.29 is 28.6 Å². The molecule has 0 aromatic heterocycles. The summed E-state index contributed by atoms with van der Waals surface area (Å²) in [5.74, 6) is 0.873. The van der Waals surface area contributed by atoms with Crippen molar-refractivity contribution in [3.63, 3.8) is 0 Å². The quantitative estimate of drug-likeness (QED) is 0.0346. The maximum atomic E-state index is 12.7. The molecule has 6 nitrogen and oxygen atoms in total. The smallest absolute Gasteiger partial charge is 0.306 e. The fourth-order valence-corrected chi connectivity index (χ4v) is 7.78. The first-order valence-corrected chi connectivity index (χ1v) is 25.8. The SMILES string of the molecule is CCCCCCCCCC(=O)OC[C@@H](COC(=O)CCCCCCCCCCCCCCCCC(C)CC)OC(=O)CCCCCCCCCCCCCCC(C)C. The molecular weight excluding hydrogens is 721 g/mol. The molecule has 0 fully saturated rings. The number of rotatable bonds is 46. The lowest BCUT2D eigenvalue weighted by Crippen LogP contribution is -2.30. The highest BCUT2D eigenvalue weighted by atomic mass is 16.6. The molecule has 58 heavy (non-hydrogen) atoms. The van der Waals surface area contributed by atoms with Gasteiger partial charge in [-0.15, -0.1) is 0 Å². The van der Waals surface area contributed by atoms with Gasteiger partial charge in [0, 0.05) is 19.3 Å². The van der Waals surface area contributed by atoms with Crippen molar-refractivity contribution in [2.75, 3.05) is 13.2 Å². The van der Waals surface area contributed by atoms with Crippen molar-refractivity contribution in [2.45, 2.75) is 291 Å². The van der Waals surface area contributed by atoms with E-state index in [1.54, 1.807) is 0 Å². The fourth-order valence-electron chi connectivity index (χ4n) is 7.78. The van der Waals surface area contributed by atoms with Crippen LogP contribution in [0.25, 0.3) is 0 Å². The van der Waals surface area contributed by atoms with Crippen molar-refractivity contribution in [1.82, 2.24) is 0 Å². The average molecular weight is 821 g/mol. The highest BCUT2D eigenvalue weighted by Crippen LogP contribution is 2.18. The molecule has 0 N–H and O–H groups in total. The molecule has 6 heteroatoms. The number of carbonyl (C=O) groups excluding carboxylic acids is 3. The van der Waals surface area contributed by atoms with Crippen LogP contribution in [-0.4, -0.2) is 37.2 Å². The molecule has 0 aromatic rings. The monoisotopic (exact) mass is 821 g/mol. The second-order valence-corrected chi connectivity index (χ2v) is 18.5. The van der Waals surface area contributed by atoms with E-state index >= 15 is 0 Å². The van der Waals surface area contributed by atoms with Crippen molar-refractivity contribution >= 4 is 17.9 Å². The van der Waals surface area contributed by atoms with Crippen LogP contribution in [-0.2, 0) is 28.6 Å². The zero-order valence-electron chi connectivity index (χ0n) is 39.7. The van der Waals surface area contributed by atoms with Gasteiger partial charge in [-0.1, -0.05) is 247 Å². The summed E-state index contributed by atoms with van der Waals surface area (Å²) in [4.78, 5) is 37.8. The molecule has 0 aliphatic rings. The van der Waals surface area contributed by atoms with Gasteiger partial charge in [0.15, 0.2) is 6.10 Å². The van der Waals surface area contributed by atoms with Gasteiger partial charge in [0.25, 0.3) is 0 Å². The lowest BCUT2D eigenvalue weighted by Gasteiger charge is -2.18. The van der Waals surface area contributed by atoms with Crippen LogP contribution in [0.4, 0.5) is 0 Å². The Morgan fingerprint density at radius 1 is 0.362 bits per heavy atom. The average Bonchev–Trinajstić information content (AvgIpc) is 3.21. The molecule has 2 atom stereocenters. The predicted octanol–water partition coefficient (Wildman–Crippen LogP) is 16.5. The van der Waals surface area contributed by atoms with Gasteiger partial charge in [-0.05, 0) is 31.1 Å². The van der Waals surface area contributed by atoms with Gasteiger partial charge in [0.05, 0.1) is 0 Å². The first-order chi connectivity index (χ1) is 28.3. The summed E-state index contributed by atoms with van der Waals surface area (Å²) in [6.45, 7) is 11.4. The second-order valence-electron chi connectivity index (χ2n) is 18.5. The summed E-state index contributed by atoms with van der Waals surface area (Å²) in [6.07, 6.45) is 45.2. The third-order valence-electron chi connectivity index (χ3n) is 12.1. The maximum Gasteiger partial charge on any atom is 0.306 e. The van der Waals surface area contributed by atoms with E-state index < -0.39 is 6.10 Å². The Morgan fingerprint density at radius 2 is 0.655 bits per heavy atom. The molecule has 0 saturated heterocycles. The Morgan fingerprint density at radius 3 is 0.983 bits per heavy atom. The Kier molecular flexibility index (Phi) is 43.7. The molecule has 0 aliphatic heterocycles. The van der Waals surface area contributed by atoms with Gasteiger partial charge in [-0.25, -0.2) is 0 Å². The van der Waals surface area contributed by atoms with E-state index in [4.69, 9.17) is 14.2 Å². The lowest BCUT2D eigenvalue weighted by atomic mass is 9.99. The number of carbonyl (C=O) groups is 3. The van der Waals surface area contributed by atoms with Crippen molar-refractivity contribution in [3.8, 4) is 0 Å². The molecule has 0 bridgehead atoms. The minimum atomic E-state index is -0.760. The zero-order valence-corrected chi connectivity index (χ0v) is 39.7. The molecule has 0 rings (SSSR count). The number of hydrogen-bond acceptors (Lipinski definition) is 6. The van der Waals surface area contributed by atoms with Gasteiger partial charge in [-0.3, -0.25) is 14.4 Å². The number of unbranched alkanes of at least 4 members (excludes halogenated alkanes) is 30. The molecule has 0 heterocycles. The standard InChI is InChI=1S/C52H100O6/c1-6-8-9-10-25-32-37-42-50(53)56-45-49(58-52(55)44-39-34-29-24-20-16-15-17-21-26-30-35-40-47(3)4)46-57-51(54)43-38-33-28-23-19-14-12-11-13-18-22-27-31-36-41-48(5)7-2/h47-49H,6-46H2,1-5H3/t48?,49-/m0/s1. The van der Waals surface area contributed by atoms with Crippen LogP contribution in [0.5, 0.6) is 0 Å². The Bertz CT molecular complexity index is 887. The number of esters is 3. The zero-order chi connectivity index (χ0) is 42.6. The topological polar surface area (TPSA) is 78.9 Å². The summed E-state index contributed by atoms with van der Waals surface area (Å²) >= 11 is 0. The highest BCUT2D eigenvalue weighted by molar-refractivity contribution is 5.71. The molecule has 344 valence electrons. The van der Waals surface area contributed by atoms with Crippen LogP contribution >= 0.6 is 0 Å². The summed E-state index contributed by atoms with van der Waals surface area (Å²) < 4.78 is 16.7. The number of ether oxygens (including phenoxy) is 3.